The van der Waals surface area contributed by atoms with Crippen molar-refractivity contribution in [3.05, 3.63) is 72.6 Å². The Morgan fingerprint density at radius 3 is 2.37 bits per heavy atom. The van der Waals surface area contributed by atoms with E-state index in [9.17, 15) is 13.2 Å². The quantitative estimate of drug-likeness (QED) is 0.676. The van der Waals surface area contributed by atoms with E-state index < -0.39 is 10.0 Å². The van der Waals surface area contributed by atoms with Crippen molar-refractivity contribution in [2.45, 2.75) is 4.90 Å². The predicted molar refractivity (Wildman–Crippen MR) is 100 cm³/mol. The topological polar surface area (TPSA) is 110 Å². The molecule has 0 spiro atoms. The zero-order chi connectivity index (χ0) is 19.3. The van der Waals surface area contributed by atoms with Crippen molar-refractivity contribution in [3.8, 4) is 5.75 Å². The van der Waals surface area contributed by atoms with Crippen molar-refractivity contribution in [2.75, 3.05) is 17.1 Å². The Kier molecular flexibility index (Phi) is 5.32. The molecule has 0 aliphatic heterocycles. The van der Waals surface area contributed by atoms with Crippen LogP contribution in [0.1, 0.15) is 10.4 Å². The third kappa shape index (κ3) is 4.59. The molecule has 1 aromatic heterocycles. The first-order valence-electron chi connectivity index (χ1n) is 7.83. The van der Waals surface area contributed by atoms with Crippen LogP contribution < -0.4 is 14.8 Å². The lowest BCUT2D eigenvalue weighted by Crippen LogP contribution is -2.15. The van der Waals surface area contributed by atoms with Gasteiger partial charge in [-0.05, 0) is 48.5 Å². The van der Waals surface area contributed by atoms with Gasteiger partial charge in [-0.25, -0.2) is 23.1 Å². The Morgan fingerprint density at radius 1 is 1.00 bits per heavy atom. The lowest BCUT2D eigenvalue weighted by atomic mass is 10.2. The molecule has 27 heavy (non-hydrogen) atoms. The molecule has 2 aromatic carbocycles. The van der Waals surface area contributed by atoms with Crippen molar-refractivity contribution in [2.24, 2.45) is 0 Å². The first-order valence-corrected chi connectivity index (χ1v) is 9.31. The fourth-order valence-electron chi connectivity index (χ4n) is 2.22. The molecular weight excluding hydrogens is 368 g/mol. The van der Waals surface area contributed by atoms with E-state index >= 15 is 0 Å². The Bertz CT molecular complexity index is 1040. The second kappa shape index (κ2) is 7.83. The van der Waals surface area contributed by atoms with Crippen LogP contribution in [0.25, 0.3) is 0 Å². The zero-order valence-electron chi connectivity index (χ0n) is 14.3. The number of anilines is 2. The maximum absolute atomic E-state index is 12.3. The summed E-state index contributed by atoms with van der Waals surface area (Å²) in [6.45, 7) is 0. The van der Waals surface area contributed by atoms with Crippen LogP contribution in [0, 0.1) is 0 Å². The molecule has 1 amide bonds. The van der Waals surface area contributed by atoms with E-state index in [1.165, 1.54) is 43.8 Å². The average Bonchev–Trinajstić information content (AvgIpc) is 2.69. The van der Waals surface area contributed by atoms with Crippen molar-refractivity contribution >= 4 is 27.6 Å². The van der Waals surface area contributed by atoms with Crippen LogP contribution in [0.3, 0.4) is 0 Å². The van der Waals surface area contributed by atoms with Gasteiger partial charge in [0.15, 0.2) is 0 Å². The van der Waals surface area contributed by atoms with Gasteiger partial charge in [0.2, 0.25) is 5.95 Å². The summed E-state index contributed by atoms with van der Waals surface area (Å²) >= 11 is 0. The van der Waals surface area contributed by atoms with E-state index in [4.69, 9.17) is 4.74 Å². The highest BCUT2D eigenvalue weighted by molar-refractivity contribution is 7.92. The second-order valence-corrected chi connectivity index (χ2v) is 7.07. The molecule has 3 aromatic rings. The molecule has 8 nitrogen and oxygen atoms in total. The van der Waals surface area contributed by atoms with E-state index in [0.29, 0.717) is 17.0 Å². The first kappa shape index (κ1) is 18.3. The number of ether oxygens (including phenoxy) is 1. The number of hydrogen-bond acceptors (Lipinski definition) is 6. The molecular formula is C18H16N4O4S. The number of hydrogen-bond donors (Lipinski definition) is 2. The van der Waals surface area contributed by atoms with Gasteiger partial charge < -0.3 is 10.1 Å². The lowest BCUT2D eigenvalue weighted by Gasteiger charge is -2.09. The third-order valence-corrected chi connectivity index (χ3v) is 4.89. The minimum Gasteiger partial charge on any atom is -0.497 e. The Balaban J connectivity index is 1.72. The van der Waals surface area contributed by atoms with Crippen LogP contribution in [0.2, 0.25) is 0 Å². The summed E-state index contributed by atoms with van der Waals surface area (Å²) in [6, 6.07) is 14.0. The summed E-state index contributed by atoms with van der Waals surface area (Å²) in [5.74, 6) is 0.214. The van der Waals surface area contributed by atoms with Gasteiger partial charge in [-0.3, -0.25) is 4.79 Å². The van der Waals surface area contributed by atoms with Gasteiger partial charge in [0.1, 0.15) is 5.75 Å². The summed E-state index contributed by atoms with van der Waals surface area (Å²) in [4.78, 5) is 20.0. The SMILES string of the molecule is COc1cccc(C(=O)Nc2ccc(S(=O)(=O)Nc3ncccn3)cc2)c1. The minimum atomic E-state index is -3.82. The number of sulfonamides is 1. The highest BCUT2D eigenvalue weighted by Crippen LogP contribution is 2.18. The molecule has 0 saturated carbocycles. The van der Waals surface area contributed by atoms with Crippen molar-refractivity contribution in [3.63, 3.8) is 0 Å². The highest BCUT2D eigenvalue weighted by Gasteiger charge is 2.15. The van der Waals surface area contributed by atoms with E-state index in [2.05, 4.69) is 20.0 Å². The van der Waals surface area contributed by atoms with Crippen LogP contribution in [-0.4, -0.2) is 31.4 Å². The van der Waals surface area contributed by atoms with Gasteiger partial charge in [0, 0.05) is 23.6 Å². The number of methoxy groups -OCH3 is 1. The number of carbonyl (C=O) groups is 1. The normalized spacial score (nSPS) is 10.9. The van der Waals surface area contributed by atoms with Crippen molar-refractivity contribution < 1.29 is 17.9 Å². The Hall–Kier alpha value is -3.46. The summed E-state index contributed by atoms with van der Waals surface area (Å²) in [5, 5.41) is 2.70. The Morgan fingerprint density at radius 2 is 1.70 bits per heavy atom. The number of benzene rings is 2. The molecule has 138 valence electrons. The molecule has 3 rings (SSSR count). The van der Waals surface area contributed by atoms with Gasteiger partial charge in [0.05, 0.1) is 12.0 Å². The molecule has 0 radical (unpaired) electrons. The van der Waals surface area contributed by atoms with E-state index in [0.717, 1.165) is 0 Å². The highest BCUT2D eigenvalue weighted by atomic mass is 32.2. The monoisotopic (exact) mass is 384 g/mol. The molecule has 9 heteroatoms. The first-order chi connectivity index (χ1) is 13.0. The Labute approximate surface area is 156 Å². The molecule has 0 unspecified atom stereocenters. The van der Waals surface area contributed by atoms with Crippen LogP contribution in [0.5, 0.6) is 5.75 Å². The fourth-order valence-corrected chi connectivity index (χ4v) is 3.17. The van der Waals surface area contributed by atoms with Gasteiger partial charge in [-0.1, -0.05) is 6.07 Å². The molecule has 1 heterocycles. The number of carbonyl (C=O) groups excluding carboxylic acids is 1. The van der Waals surface area contributed by atoms with E-state index in [1.54, 1.807) is 30.3 Å². The third-order valence-electron chi connectivity index (χ3n) is 3.55. The summed E-state index contributed by atoms with van der Waals surface area (Å²) in [7, 11) is -2.31. The molecule has 0 aliphatic rings. The van der Waals surface area contributed by atoms with E-state index in [-0.39, 0.29) is 16.8 Å². The summed E-state index contributed by atoms with van der Waals surface area (Å²) in [6.07, 6.45) is 2.87. The summed E-state index contributed by atoms with van der Waals surface area (Å²) in [5.41, 5.74) is 0.881. The zero-order valence-corrected chi connectivity index (χ0v) is 15.1. The number of nitrogens with zero attached hydrogens (tertiary/aromatic N) is 2. The number of aromatic nitrogens is 2. The molecule has 0 bridgehead atoms. The second-order valence-electron chi connectivity index (χ2n) is 5.39. The van der Waals surface area contributed by atoms with Crippen molar-refractivity contribution in [1.82, 2.24) is 9.97 Å². The fraction of sp³-hybridized carbons (Fsp3) is 0.0556. The van der Waals surface area contributed by atoms with Gasteiger partial charge in [-0.15, -0.1) is 0 Å². The van der Waals surface area contributed by atoms with Crippen molar-refractivity contribution in [1.29, 1.82) is 0 Å². The number of nitrogens with one attached hydrogen (secondary N) is 2. The van der Waals surface area contributed by atoms with Gasteiger partial charge >= 0.3 is 0 Å². The van der Waals surface area contributed by atoms with Gasteiger partial charge in [-0.2, -0.15) is 0 Å². The average molecular weight is 384 g/mol. The largest absolute Gasteiger partial charge is 0.497 e. The van der Waals surface area contributed by atoms with Gasteiger partial charge in [0.25, 0.3) is 15.9 Å². The molecule has 0 aliphatic carbocycles. The lowest BCUT2D eigenvalue weighted by molar-refractivity contribution is 0.102. The van der Waals surface area contributed by atoms with Crippen LogP contribution in [0.15, 0.2) is 71.9 Å². The van der Waals surface area contributed by atoms with E-state index in [1.807, 2.05) is 0 Å². The van der Waals surface area contributed by atoms with Crippen LogP contribution in [-0.2, 0) is 10.0 Å². The number of rotatable bonds is 6. The minimum absolute atomic E-state index is 0.0205. The molecule has 0 saturated heterocycles. The number of amides is 1. The van der Waals surface area contributed by atoms with Crippen LogP contribution in [0.4, 0.5) is 11.6 Å². The maximum atomic E-state index is 12.3. The molecule has 0 fully saturated rings. The van der Waals surface area contributed by atoms with Crippen LogP contribution >= 0.6 is 0 Å². The summed E-state index contributed by atoms with van der Waals surface area (Å²) < 4.78 is 32.0. The standard InChI is InChI=1S/C18H16N4O4S/c1-26-15-5-2-4-13(12-15)17(23)21-14-6-8-16(9-7-14)27(24,25)22-18-19-10-3-11-20-18/h2-12H,1H3,(H,21,23)(H,19,20,22). The smallest absolute Gasteiger partial charge is 0.264 e. The maximum Gasteiger partial charge on any atom is 0.264 e. The predicted octanol–water partition coefficient (Wildman–Crippen LogP) is 2.54. The molecule has 2 N–H and O–H groups in total. The molecule has 0 atom stereocenters.